The second kappa shape index (κ2) is 9.22. The van der Waals surface area contributed by atoms with E-state index in [1.807, 2.05) is 0 Å². The normalized spacial score (nSPS) is 13.8. The number of hydrogen-bond acceptors (Lipinski definition) is 6. The van der Waals surface area contributed by atoms with Crippen molar-refractivity contribution in [1.82, 2.24) is 5.32 Å². The maximum absolute atomic E-state index is 11.5. The summed E-state index contributed by atoms with van der Waals surface area (Å²) >= 11 is 0. The number of nitrogens with zero attached hydrogens (tertiary/aromatic N) is 1. The van der Waals surface area contributed by atoms with Crippen molar-refractivity contribution in [3.63, 3.8) is 0 Å². The summed E-state index contributed by atoms with van der Waals surface area (Å²) in [4.78, 5) is 32.1. The first-order valence-electron chi connectivity index (χ1n) is 6.86. The molecular weight excluding hydrogens is 306 g/mol. The van der Waals surface area contributed by atoms with Crippen LogP contribution in [0.15, 0.2) is 34.9 Å². The fourth-order valence-corrected chi connectivity index (χ4v) is 1.69. The molecule has 0 unspecified atom stereocenters. The van der Waals surface area contributed by atoms with Crippen molar-refractivity contribution in [2.75, 3.05) is 13.2 Å². The van der Waals surface area contributed by atoms with Gasteiger partial charge < -0.3 is 20.9 Å². The lowest BCUT2D eigenvalue weighted by Gasteiger charge is -2.08. The summed E-state index contributed by atoms with van der Waals surface area (Å²) in [6.45, 7) is 0.0408. The van der Waals surface area contributed by atoms with Gasteiger partial charge in [-0.1, -0.05) is 11.5 Å². The van der Waals surface area contributed by atoms with E-state index in [2.05, 4.69) is 16.8 Å². The topological polar surface area (TPSA) is 145 Å². The van der Waals surface area contributed by atoms with Gasteiger partial charge in [-0.25, -0.2) is 4.79 Å². The van der Waals surface area contributed by atoms with E-state index in [1.54, 1.807) is 0 Å². The summed E-state index contributed by atoms with van der Waals surface area (Å²) in [7, 11) is 0. The number of carbonyl (C=O) groups is 2. The highest BCUT2D eigenvalue weighted by atomic mass is 16.6. The van der Waals surface area contributed by atoms with Crippen LogP contribution in [0.25, 0.3) is 0 Å². The zero-order chi connectivity index (χ0) is 17.2. The smallest absolute Gasteiger partial charge is 0.407 e. The average Bonchev–Trinajstić information content (AvgIpc) is 2.52. The molecule has 23 heavy (non-hydrogen) atoms. The van der Waals surface area contributed by atoms with Crippen molar-refractivity contribution in [2.24, 2.45) is 5.73 Å². The summed E-state index contributed by atoms with van der Waals surface area (Å²) in [6, 6.07) is -0.909. The van der Waals surface area contributed by atoms with Gasteiger partial charge in [-0.05, 0) is 19.3 Å². The largest absolute Gasteiger partial charge is 0.480 e. The molecule has 4 N–H and O–H groups in total. The first kappa shape index (κ1) is 18.2. The molecule has 1 atom stereocenters. The van der Waals surface area contributed by atoms with E-state index in [0.29, 0.717) is 25.8 Å². The van der Waals surface area contributed by atoms with Gasteiger partial charge in [0.05, 0.1) is 16.6 Å². The number of allylic oxidation sites excluding steroid dienone is 1. The molecule has 0 bridgehead atoms. The van der Waals surface area contributed by atoms with Crippen LogP contribution in [0.1, 0.15) is 19.3 Å². The molecule has 124 valence electrons. The second-order valence-corrected chi connectivity index (χ2v) is 4.69. The molecule has 1 aliphatic carbocycles. The maximum atomic E-state index is 11.5. The van der Waals surface area contributed by atoms with E-state index >= 15 is 0 Å². The monoisotopic (exact) mass is 323 g/mol. The molecule has 9 nitrogen and oxygen atoms in total. The third kappa shape index (κ3) is 6.62. The zero-order valence-corrected chi connectivity index (χ0v) is 12.3. The lowest BCUT2D eigenvalue weighted by atomic mass is 10.1. The van der Waals surface area contributed by atoms with Crippen molar-refractivity contribution in [3.05, 3.63) is 45.0 Å². The molecule has 0 saturated heterocycles. The van der Waals surface area contributed by atoms with Crippen molar-refractivity contribution in [3.8, 4) is 0 Å². The highest BCUT2D eigenvalue weighted by molar-refractivity contribution is 5.72. The molecule has 1 rings (SSSR count). The zero-order valence-electron chi connectivity index (χ0n) is 12.3. The minimum Gasteiger partial charge on any atom is -0.480 e. The summed E-state index contributed by atoms with van der Waals surface area (Å²) in [5.74, 6) is -1.06. The van der Waals surface area contributed by atoms with Crippen molar-refractivity contribution >= 4 is 12.1 Å². The van der Waals surface area contributed by atoms with E-state index in [4.69, 9.17) is 15.6 Å². The Hall–Kier alpha value is -2.86. The maximum Gasteiger partial charge on any atom is 0.407 e. The van der Waals surface area contributed by atoms with Crippen LogP contribution in [-0.2, 0) is 9.53 Å². The summed E-state index contributed by atoms with van der Waals surface area (Å²) in [5.41, 5.74) is 10.4. The minimum atomic E-state index is -1.06. The number of nitro groups is 1. The number of nitrogens with one attached hydrogen (secondary N) is 1. The first-order chi connectivity index (χ1) is 10.9. The fourth-order valence-electron chi connectivity index (χ4n) is 1.69. The van der Waals surface area contributed by atoms with Crippen molar-refractivity contribution < 1.29 is 24.4 Å². The number of amides is 1. The molecule has 0 aromatic carbocycles. The molecular formula is C14H17N3O6. The number of nitrogens with two attached hydrogens (primary N) is 1. The Morgan fingerprint density at radius 2 is 2.09 bits per heavy atom. The number of carbonyl (C=O) groups excluding carboxylic acids is 1. The Balaban J connectivity index is 2.25. The number of rotatable bonds is 9. The van der Waals surface area contributed by atoms with Crippen LogP contribution < -0.4 is 11.1 Å². The highest BCUT2D eigenvalue weighted by Crippen LogP contribution is 2.11. The predicted molar refractivity (Wildman–Crippen MR) is 79.0 cm³/mol. The number of hydrogen-bond donors (Lipinski definition) is 3. The van der Waals surface area contributed by atoms with Gasteiger partial charge in [0.15, 0.2) is 0 Å². The van der Waals surface area contributed by atoms with Gasteiger partial charge in [0, 0.05) is 12.6 Å². The number of ether oxygens (including phenoxy) is 1. The molecule has 1 aliphatic rings. The van der Waals surface area contributed by atoms with Gasteiger partial charge in [-0.3, -0.25) is 14.9 Å². The first-order valence-corrected chi connectivity index (χ1v) is 6.86. The number of carboxylic acid groups (broad SMARTS) is 1. The van der Waals surface area contributed by atoms with E-state index in [0.717, 1.165) is 6.08 Å². The Kier molecular flexibility index (Phi) is 7.29. The molecule has 0 fully saturated rings. The van der Waals surface area contributed by atoms with Crippen LogP contribution in [0.3, 0.4) is 0 Å². The van der Waals surface area contributed by atoms with Gasteiger partial charge in [0.1, 0.15) is 12.6 Å². The SMILES string of the molecule is N[C@@H](CCCCNC(=O)OCC1=C([N+](=O)[O-])C=C=C=C1)C(=O)O. The Morgan fingerprint density at radius 1 is 1.39 bits per heavy atom. The Labute approximate surface area is 131 Å². The summed E-state index contributed by atoms with van der Waals surface area (Å²) in [6.07, 6.45) is 3.18. The quantitative estimate of drug-likeness (QED) is 0.245. The molecule has 0 saturated carbocycles. The van der Waals surface area contributed by atoms with E-state index in [-0.39, 0.29) is 17.9 Å². The molecule has 0 spiro atoms. The number of carboxylic acids is 1. The summed E-state index contributed by atoms with van der Waals surface area (Å²) in [5, 5.41) is 21.8. The van der Waals surface area contributed by atoms with Gasteiger partial charge in [0.2, 0.25) is 0 Å². The van der Waals surface area contributed by atoms with E-state index in [9.17, 15) is 19.7 Å². The molecule has 0 heterocycles. The molecule has 0 radical (unpaired) electrons. The number of unbranched alkanes of at least 4 members (excludes halogenated alkanes) is 1. The van der Waals surface area contributed by atoms with Gasteiger partial charge in [0.25, 0.3) is 5.70 Å². The van der Waals surface area contributed by atoms with Crippen LogP contribution in [0.2, 0.25) is 0 Å². The second-order valence-electron chi connectivity index (χ2n) is 4.69. The standard InChI is InChI=1S/C14H17N3O6/c15-11(13(18)19)6-3-4-8-16-14(20)23-9-10-5-1-2-7-12(10)17(21)22/h5,7,11H,3-4,6,8-9,15H2,(H,16,20)(H,18,19)/t11-/m0/s1. The van der Waals surface area contributed by atoms with E-state index in [1.165, 1.54) is 6.08 Å². The Bertz CT molecular complexity index is 612. The Morgan fingerprint density at radius 3 is 2.74 bits per heavy atom. The fraction of sp³-hybridized carbons (Fsp3) is 0.429. The van der Waals surface area contributed by atoms with Crippen LogP contribution in [0.4, 0.5) is 4.79 Å². The third-order valence-corrected chi connectivity index (χ3v) is 2.95. The highest BCUT2D eigenvalue weighted by Gasteiger charge is 2.16. The number of alkyl carbamates (subject to hydrolysis) is 1. The van der Waals surface area contributed by atoms with Crippen molar-refractivity contribution in [2.45, 2.75) is 25.3 Å². The minimum absolute atomic E-state index is 0.195. The molecule has 0 aromatic rings. The molecule has 0 aliphatic heterocycles. The van der Waals surface area contributed by atoms with Crippen LogP contribution in [0.5, 0.6) is 0 Å². The third-order valence-electron chi connectivity index (χ3n) is 2.95. The molecule has 1 amide bonds. The predicted octanol–water partition coefficient (Wildman–Crippen LogP) is 0.706. The van der Waals surface area contributed by atoms with Crippen LogP contribution in [0, 0.1) is 10.1 Å². The lowest BCUT2D eigenvalue weighted by Crippen LogP contribution is -2.30. The van der Waals surface area contributed by atoms with E-state index < -0.39 is 23.0 Å². The lowest BCUT2D eigenvalue weighted by molar-refractivity contribution is -0.420. The van der Waals surface area contributed by atoms with Gasteiger partial charge in [-0.2, -0.15) is 0 Å². The van der Waals surface area contributed by atoms with Gasteiger partial charge >= 0.3 is 12.1 Å². The average molecular weight is 323 g/mol. The molecule has 0 aromatic heterocycles. The summed E-state index contributed by atoms with van der Waals surface area (Å²) < 4.78 is 4.88. The van der Waals surface area contributed by atoms with Crippen molar-refractivity contribution in [1.29, 1.82) is 0 Å². The molecule has 9 heteroatoms. The van der Waals surface area contributed by atoms with Gasteiger partial charge in [-0.15, -0.1) is 0 Å². The van der Waals surface area contributed by atoms with Crippen LogP contribution in [-0.4, -0.2) is 41.3 Å². The number of aliphatic carboxylic acids is 1. The van der Waals surface area contributed by atoms with Crippen LogP contribution >= 0.6 is 0 Å².